The number of carbonyl (C=O) groups is 2. The number of esters is 1. The minimum absolute atomic E-state index is 0.110. The van der Waals surface area contributed by atoms with Gasteiger partial charge in [-0.2, -0.15) is 5.26 Å². The first-order valence-corrected chi connectivity index (χ1v) is 11.8. The van der Waals surface area contributed by atoms with Gasteiger partial charge < -0.3 is 14.8 Å². The Labute approximate surface area is 211 Å². The van der Waals surface area contributed by atoms with Crippen molar-refractivity contribution in [3.8, 4) is 11.8 Å². The van der Waals surface area contributed by atoms with E-state index in [1.54, 1.807) is 61.7 Å². The summed E-state index contributed by atoms with van der Waals surface area (Å²) >= 11 is 13.1. The number of hydrogen-bond acceptors (Lipinski definition) is 6. The fourth-order valence-corrected chi connectivity index (χ4v) is 3.88. The van der Waals surface area contributed by atoms with Gasteiger partial charge in [-0.25, -0.2) is 4.79 Å². The molecule has 0 fully saturated rings. The van der Waals surface area contributed by atoms with Crippen LogP contribution in [-0.2, 0) is 16.1 Å². The largest absolute Gasteiger partial charge is 0.489 e. The number of halogens is 2. The second kappa shape index (κ2) is 11.7. The Hall–Kier alpha value is -3.31. The predicted octanol–water partition coefficient (Wildman–Crippen LogP) is 6.74. The highest BCUT2D eigenvalue weighted by Gasteiger charge is 2.19. The van der Waals surface area contributed by atoms with Crippen molar-refractivity contribution in [3.05, 3.63) is 86.2 Å². The van der Waals surface area contributed by atoms with E-state index < -0.39 is 11.9 Å². The Balaban J connectivity index is 1.65. The van der Waals surface area contributed by atoms with Crippen molar-refractivity contribution >= 4 is 57.5 Å². The molecule has 1 N–H and O–H groups in total. The first-order valence-electron chi connectivity index (χ1n) is 10.1. The van der Waals surface area contributed by atoms with Gasteiger partial charge in [0.2, 0.25) is 0 Å². The summed E-state index contributed by atoms with van der Waals surface area (Å²) in [6, 6.07) is 15.6. The Morgan fingerprint density at radius 2 is 1.85 bits per heavy atom. The summed E-state index contributed by atoms with van der Waals surface area (Å²) in [7, 11) is 0. The minimum atomic E-state index is -0.622. The van der Waals surface area contributed by atoms with E-state index in [-0.39, 0.29) is 17.2 Å². The number of anilines is 1. The van der Waals surface area contributed by atoms with Crippen LogP contribution in [0.2, 0.25) is 10.0 Å². The van der Waals surface area contributed by atoms with Gasteiger partial charge in [-0.15, -0.1) is 11.3 Å². The lowest BCUT2D eigenvalue weighted by Gasteiger charge is -2.09. The smallest absolute Gasteiger partial charge is 0.341 e. The highest BCUT2D eigenvalue weighted by molar-refractivity contribution is 7.14. The molecule has 0 unspecified atom stereocenters. The maximum Gasteiger partial charge on any atom is 0.341 e. The van der Waals surface area contributed by atoms with Gasteiger partial charge in [0.1, 0.15) is 29.0 Å². The van der Waals surface area contributed by atoms with Crippen LogP contribution in [0.5, 0.6) is 5.75 Å². The van der Waals surface area contributed by atoms with Crippen LogP contribution in [0.15, 0.2) is 59.5 Å². The molecule has 2 aromatic carbocycles. The molecule has 0 saturated heterocycles. The first kappa shape index (κ1) is 25.3. The lowest BCUT2D eigenvalue weighted by Crippen LogP contribution is -2.17. The third kappa shape index (κ3) is 6.84. The van der Waals surface area contributed by atoms with E-state index in [2.05, 4.69) is 5.32 Å². The lowest BCUT2D eigenvalue weighted by molar-refractivity contribution is -0.112. The molecular weight excluding hydrogens is 495 g/mol. The number of rotatable bonds is 8. The minimum Gasteiger partial charge on any atom is -0.489 e. The van der Waals surface area contributed by atoms with Crippen LogP contribution in [0.25, 0.3) is 6.08 Å². The van der Waals surface area contributed by atoms with Crippen LogP contribution in [-0.4, -0.2) is 18.0 Å². The van der Waals surface area contributed by atoms with Crippen molar-refractivity contribution in [1.29, 1.82) is 5.26 Å². The maximum atomic E-state index is 12.6. The summed E-state index contributed by atoms with van der Waals surface area (Å²) in [6.07, 6.45) is 1.17. The van der Waals surface area contributed by atoms with Crippen LogP contribution in [0, 0.1) is 11.3 Å². The lowest BCUT2D eigenvalue weighted by atomic mass is 10.1. The molecular formula is C25H20Cl2N2O4S. The average molecular weight is 515 g/mol. The number of thiophene rings is 1. The normalized spacial score (nSPS) is 11.1. The molecule has 1 heterocycles. The van der Waals surface area contributed by atoms with Crippen molar-refractivity contribution in [1.82, 2.24) is 0 Å². The van der Waals surface area contributed by atoms with Crippen molar-refractivity contribution in [2.75, 3.05) is 5.32 Å². The van der Waals surface area contributed by atoms with Crippen LogP contribution in [0.3, 0.4) is 0 Å². The van der Waals surface area contributed by atoms with Gasteiger partial charge in [0.25, 0.3) is 5.91 Å². The molecule has 0 radical (unpaired) electrons. The van der Waals surface area contributed by atoms with E-state index in [4.69, 9.17) is 32.7 Å². The third-order valence-corrected chi connectivity index (χ3v) is 5.97. The fourth-order valence-electron chi connectivity index (χ4n) is 2.79. The number of nitrogens with one attached hydrogen (secondary N) is 1. The molecule has 1 amide bonds. The molecule has 6 nitrogen and oxygen atoms in total. The van der Waals surface area contributed by atoms with Crippen molar-refractivity contribution in [3.63, 3.8) is 0 Å². The molecule has 0 spiro atoms. The number of carbonyl (C=O) groups excluding carboxylic acids is 2. The van der Waals surface area contributed by atoms with Crippen LogP contribution in [0.1, 0.15) is 35.3 Å². The van der Waals surface area contributed by atoms with Crippen LogP contribution in [0.4, 0.5) is 5.00 Å². The van der Waals surface area contributed by atoms with Gasteiger partial charge >= 0.3 is 5.97 Å². The number of hydrogen-bond donors (Lipinski definition) is 1. The predicted molar refractivity (Wildman–Crippen MR) is 134 cm³/mol. The van der Waals surface area contributed by atoms with Crippen LogP contribution < -0.4 is 10.1 Å². The van der Waals surface area contributed by atoms with Crippen molar-refractivity contribution in [2.24, 2.45) is 0 Å². The summed E-state index contributed by atoms with van der Waals surface area (Å²) in [5, 5.41) is 15.0. The summed E-state index contributed by atoms with van der Waals surface area (Å²) in [4.78, 5) is 24.8. The number of nitrogens with zero attached hydrogens (tertiary/aromatic N) is 1. The molecule has 0 aliphatic rings. The number of nitriles is 1. The molecule has 0 aliphatic heterocycles. The zero-order valence-electron chi connectivity index (χ0n) is 18.3. The maximum absolute atomic E-state index is 12.6. The van der Waals surface area contributed by atoms with Gasteiger partial charge in [-0.3, -0.25) is 4.79 Å². The molecule has 0 saturated carbocycles. The molecule has 3 rings (SSSR count). The van der Waals surface area contributed by atoms with E-state index >= 15 is 0 Å². The molecule has 1 aromatic heterocycles. The molecule has 174 valence electrons. The third-order valence-electron chi connectivity index (χ3n) is 4.40. The summed E-state index contributed by atoms with van der Waals surface area (Å²) in [5.74, 6) is -0.549. The SMILES string of the molecule is CC(C)OC(=O)c1ccsc1NC(=O)/C(C#N)=C/c1ccc(OCc2ccc(Cl)c(Cl)c2)cc1. The van der Waals surface area contributed by atoms with E-state index in [0.29, 0.717) is 33.0 Å². The van der Waals surface area contributed by atoms with E-state index in [1.807, 2.05) is 12.1 Å². The standard InChI is InChI=1S/C25H20Cl2N2O4S/c1-15(2)33-25(31)20-9-10-34-24(20)29-23(30)18(13-28)11-16-3-6-19(7-4-16)32-14-17-5-8-21(26)22(27)12-17/h3-12,15H,14H2,1-2H3,(H,29,30)/b18-11+. The fraction of sp³-hybridized carbons (Fsp3) is 0.160. The monoisotopic (exact) mass is 514 g/mol. The molecule has 9 heteroatoms. The summed E-state index contributed by atoms with van der Waals surface area (Å²) in [6.45, 7) is 3.78. The molecule has 0 bridgehead atoms. The zero-order valence-corrected chi connectivity index (χ0v) is 20.6. The van der Waals surface area contributed by atoms with Gasteiger partial charge in [0, 0.05) is 0 Å². The highest BCUT2D eigenvalue weighted by Crippen LogP contribution is 2.26. The van der Waals surface area contributed by atoms with E-state index in [1.165, 1.54) is 17.4 Å². The highest BCUT2D eigenvalue weighted by atomic mass is 35.5. The van der Waals surface area contributed by atoms with Gasteiger partial charge in [0.05, 0.1) is 21.7 Å². The zero-order chi connectivity index (χ0) is 24.7. The summed E-state index contributed by atoms with van der Waals surface area (Å²) < 4.78 is 10.9. The van der Waals surface area contributed by atoms with Gasteiger partial charge in [-0.1, -0.05) is 41.4 Å². The topological polar surface area (TPSA) is 88.4 Å². The molecule has 3 aromatic rings. The number of amides is 1. The second-order valence-corrected chi connectivity index (χ2v) is 9.08. The van der Waals surface area contributed by atoms with Crippen molar-refractivity contribution in [2.45, 2.75) is 26.6 Å². The summed E-state index contributed by atoms with van der Waals surface area (Å²) in [5.41, 5.74) is 1.64. The Bertz CT molecular complexity index is 1260. The quantitative estimate of drug-likeness (QED) is 0.204. The van der Waals surface area contributed by atoms with Gasteiger partial charge in [-0.05, 0) is 66.8 Å². The molecule has 0 atom stereocenters. The Morgan fingerprint density at radius 3 is 2.50 bits per heavy atom. The molecule has 0 aliphatic carbocycles. The van der Waals surface area contributed by atoms with Crippen LogP contribution >= 0.6 is 34.5 Å². The van der Waals surface area contributed by atoms with E-state index in [0.717, 1.165) is 5.56 Å². The first-order chi connectivity index (χ1) is 16.3. The van der Waals surface area contributed by atoms with Crippen molar-refractivity contribution < 1.29 is 19.1 Å². The number of ether oxygens (including phenoxy) is 2. The number of benzene rings is 2. The molecule has 34 heavy (non-hydrogen) atoms. The van der Waals surface area contributed by atoms with E-state index in [9.17, 15) is 14.9 Å². The van der Waals surface area contributed by atoms with Gasteiger partial charge in [0.15, 0.2) is 0 Å². The average Bonchev–Trinajstić information content (AvgIpc) is 3.26. The Kier molecular flexibility index (Phi) is 8.72. The Morgan fingerprint density at radius 1 is 1.12 bits per heavy atom. The second-order valence-electron chi connectivity index (χ2n) is 7.35.